The third-order valence-corrected chi connectivity index (χ3v) is 2.59. The van der Waals surface area contributed by atoms with Gasteiger partial charge in [-0.3, -0.25) is 4.79 Å². The molecule has 0 aliphatic heterocycles. The zero-order chi connectivity index (χ0) is 14.4. The van der Waals surface area contributed by atoms with Crippen LogP contribution in [-0.2, 0) is 9.53 Å². The summed E-state index contributed by atoms with van der Waals surface area (Å²) < 4.78 is 15.4. The monoisotopic (exact) mass is 274 g/mol. The summed E-state index contributed by atoms with van der Waals surface area (Å²) >= 11 is 0. The first-order chi connectivity index (χ1) is 9.74. The fraction of sp³-hybridized carbons (Fsp3) is 0.200. The molecule has 1 aromatic heterocycles. The molecule has 2 rings (SSSR count). The number of esters is 1. The number of benzene rings is 1. The molecule has 0 saturated carbocycles. The quantitative estimate of drug-likeness (QED) is 0.460. The number of rotatable bonds is 6. The van der Waals surface area contributed by atoms with E-state index in [2.05, 4.69) is 0 Å². The third-order valence-electron chi connectivity index (χ3n) is 2.59. The maximum Gasteiger partial charge on any atom is 0.330 e. The largest absolute Gasteiger partial charge is 0.489 e. The lowest BCUT2D eigenvalue weighted by molar-refractivity contribution is -0.137. The molecule has 0 atom stereocenters. The number of aldehydes is 1. The highest BCUT2D eigenvalue weighted by Gasteiger charge is 2.07. The van der Waals surface area contributed by atoms with Crippen LogP contribution < -0.4 is 4.74 Å². The van der Waals surface area contributed by atoms with Gasteiger partial charge in [-0.1, -0.05) is 0 Å². The molecule has 0 unspecified atom stereocenters. The Morgan fingerprint density at radius 3 is 3.00 bits per heavy atom. The molecule has 0 radical (unpaired) electrons. The first-order valence-electron chi connectivity index (χ1n) is 6.17. The van der Waals surface area contributed by atoms with Gasteiger partial charge in [0.2, 0.25) is 0 Å². The first-order valence-corrected chi connectivity index (χ1v) is 6.17. The summed E-state index contributed by atoms with van der Waals surface area (Å²) in [5.74, 6) is -0.0100. The molecule has 20 heavy (non-hydrogen) atoms. The molecule has 2 aromatic rings. The lowest BCUT2D eigenvalue weighted by Gasteiger charge is -2.05. The van der Waals surface area contributed by atoms with Crippen LogP contribution in [0.3, 0.4) is 0 Å². The van der Waals surface area contributed by atoms with E-state index in [1.807, 2.05) is 0 Å². The Hall–Kier alpha value is -2.56. The van der Waals surface area contributed by atoms with E-state index in [0.717, 1.165) is 11.7 Å². The zero-order valence-corrected chi connectivity index (χ0v) is 11.0. The maximum atomic E-state index is 11.1. The standard InChI is InChI=1S/C15H14O5/c1-2-18-15(17)4-3-6-19-14-9-13-11(5-7-20-13)8-12(14)10-16/h3-5,7-10H,2,6H2,1H3. The molecule has 0 amide bonds. The number of ether oxygens (including phenoxy) is 2. The first kappa shape index (κ1) is 13.9. The fourth-order valence-electron chi connectivity index (χ4n) is 1.70. The van der Waals surface area contributed by atoms with Crippen molar-refractivity contribution < 1.29 is 23.5 Å². The molecule has 0 aliphatic rings. The van der Waals surface area contributed by atoms with E-state index in [0.29, 0.717) is 23.5 Å². The highest BCUT2D eigenvalue weighted by molar-refractivity contribution is 5.89. The number of furan rings is 1. The minimum atomic E-state index is -0.423. The predicted molar refractivity (Wildman–Crippen MR) is 72.9 cm³/mol. The van der Waals surface area contributed by atoms with E-state index in [9.17, 15) is 9.59 Å². The third kappa shape index (κ3) is 3.26. The number of carbonyl (C=O) groups is 2. The molecule has 0 N–H and O–H groups in total. The van der Waals surface area contributed by atoms with E-state index < -0.39 is 5.97 Å². The highest BCUT2D eigenvalue weighted by atomic mass is 16.5. The summed E-state index contributed by atoms with van der Waals surface area (Å²) in [5.41, 5.74) is 1.07. The molecular formula is C15H14O5. The summed E-state index contributed by atoms with van der Waals surface area (Å²) in [5, 5.41) is 0.835. The fourth-order valence-corrected chi connectivity index (χ4v) is 1.70. The minimum absolute atomic E-state index is 0.159. The van der Waals surface area contributed by atoms with Gasteiger partial charge in [-0.25, -0.2) is 4.79 Å². The van der Waals surface area contributed by atoms with Crippen LogP contribution in [0.2, 0.25) is 0 Å². The molecule has 0 fully saturated rings. The minimum Gasteiger partial charge on any atom is -0.489 e. The smallest absolute Gasteiger partial charge is 0.330 e. The Labute approximate surface area is 115 Å². The van der Waals surface area contributed by atoms with E-state index >= 15 is 0 Å². The zero-order valence-electron chi connectivity index (χ0n) is 11.0. The molecular weight excluding hydrogens is 260 g/mol. The SMILES string of the molecule is CCOC(=O)C=CCOc1cc2occc2cc1C=O. The van der Waals surface area contributed by atoms with Crippen LogP contribution in [0.5, 0.6) is 5.75 Å². The lowest BCUT2D eigenvalue weighted by Crippen LogP contribution is -2.01. The van der Waals surface area contributed by atoms with Crippen molar-refractivity contribution in [1.82, 2.24) is 0 Å². The molecule has 0 aliphatic carbocycles. The van der Waals surface area contributed by atoms with Crippen molar-refractivity contribution in [2.45, 2.75) is 6.92 Å². The van der Waals surface area contributed by atoms with Crippen molar-refractivity contribution in [2.75, 3.05) is 13.2 Å². The summed E-state index contributed by atoms with van der Waals surface area (Å²) in [6.07, 6.45) is 5.08. The van der Waals surface area contributed by atoms with Gasteiger partial charge >= 0.3 is 5.97 Å². The Morgan fingerprint density at radius 2 is 2.25 bits per heavy atom. The molecule has 104 valence electrons. The van der Waals surface area contributed by atoms with Crippen molar-refractivity contribution in [2.24, 2.45) is 0 Å². The Balaban J connectivity index is 2.05. The van der Waals surface area contributed by atoms with Crippen LogP contribution in [0.4, 0.5) is 0 Å². The number of fused-ring (bicyclic) bond motifs is 1. The van der Waals surface area contributed by atoms with Gasteiger partial charge < -0.3 is 13.9 Å². The number of hydrogen-bond donors (Lipinski definition) is 0. The van der Waals surface area contributed by atoms with Gasteiger partial charge in [-0.2, -0.15) is 0 Å². The Bertz CT molecular complexity index is 639. The maximum absolute atomic E-state index is 11.1. The average molecular weight is 274 g/mol. The van der Waals surface area contributed by atoms with Crippen LogP contribution in [0.1, 0.15) is 17.3 Å². The van der Waals surface area contributed by atoms with Crippen LogP contribution >= 0.6 is 0 Å². The van der Waals surface area contributed by atoms with Gasteiger partial charge in [0, 0.05) is 17.5 Å². The van der Waals surface area contributed by atoms with E-state index in [-0.39, 0.29) is 6.61 Å². The van der Waals surface area contributed by atoms with Gasteiger partial charge in [-0.15, -0.1) is 0 Å². The number of hydrogen-bond acceptors (Lipinski definition) is 5. The van der Waals surface area contributed by atoms with Crippen molar-refractivity contribution in [3.8, 4) is 5.75 Å². The molecule has 5 nitrogen and oxygen atoms in total. The topological polar surface area (TPSA) is 65.7 Å². The van der Waals surface area contributed by atoms with Crippen LogP contribution in [0.15, 0.2) is 41.0 Å². The summed E-state index contributed by atoms with van der Waals surface area (Å²) in [6.45, 7) is 2.22. The molecule has 1 aromatic carbocycles. The Kier molecular flexibility index (Phi) is 4.55. The van der Waals surface area contributed by atoms with Crippen molar-refractivity contribution >= 4 is 23.2 Å². The van der Waals surface area contributed by atoms with E-state index in [1.54, 1.807) is 31.4 Å². The van der Waals surface area contributed by atoms with Crippen LogP contribution in [-0.4, -0.2) is 25.5 Å². The second-order valence-electron chi connectivity index (χ2n) is 3.93. The average Bonchev–Trinajstić information content (AvgIpc) is 2.90. The van der Waals surface area contributed by atoms with Gasteiger partial charge in [-0.05, 0) is 25.1 Å². The number of carbonyl (C=O) groups excluding carboxylic acids is 2. The predicted octanol–water partition coefficient (Wildman–Crippen LogP) is 2.74. The molecule has 5 heteroatoms. The summed E-state index contributed by atoms with van der Waals surface area (Å²) in [7, 11) is 0. The van der Waals surface area contributed by atoms with E-state index in [4.69, 9.17) is 13.9 Å². The highest BCUT2D eigenvalue weighted by Crippen LogP contribution is 2.25. The van der Waals surface area contributed by atoms with Crippen molar-refractivity contribution in [3.05, 3.63) is 42.2 Å². The lowest BCUT2D eigenvalue weighted by atomic mass is 10.1. The Morgan fingerprint density at radius 1 is 1.40 bits per heavy atom. The van der Waals surface area contributed by atoms with Crippen molar-refractivity contribution in [3.63, 3.8) is 0 Å². The van der Waals surface area contributed by atoms with Crippen molar-refractivity contribution in [1.29, 1.82) is 0 Å². The van der Waals surface area contributed by atoms with Gasteiger partial charge in [0.25, 0.3) is 0 Å². The summed E-state index contributed by atoms with van der Waals surface area (Å²) in [4.78, 5) is 22.1. The molecule has 1 heterocycles. The molecule has 0 bridgehead atoms. The van der Waals surface area contributed by atoms with Gasteiger partial charge in [0.15, 0.2) is 6.29 Å². The molecule has 0 spiro atoms. The normalized spacial score (nSPS) is 10.8. The van der Waals surface area contributed by atoms with Gasteiger partial charge in [0.05, 0.1) is 18.4 Å². The summed E-state index contributed by atoms with van der Waals surface area (Å²) in [6, 6.07) is 5.11. The van der Waals surface area contributed by atoms with Crippen LogP contribution in [0, 0.1) is 0 Å². The van der Waals surface area contributed by atoms with Gasteiger partial charge in [0.1, 0.15) is 17.9 Å². The second-order valence-corrected chi connectivity index (χ2v) is 3.93. The molecule has 0 saturated heterocycles. The second kappa shape index (κ2) is 6.56. The van der Waals surface area contributed by atoms with E-state index in [1.165, 1.54) is 12.2 Å². The van der Waals surface area contributed by atoms with Crippen LogP contribution in [0.25, 0.3) is 11.0 Å².